The summed E-state index contributed by atoms with van der Waals surface area (Å²) < 4.78 is 5.33. The number of hydrogen-bond donors (Lipinski definition) is 1. The van der Waals surface area contributed by atoms with Gasteiger partial charge in [-0.3, -0.25) is 4.90 Å². The van der Waals surface area contributed by atoms with E-state index in [-0.39, 0.29) is 6.10 Å². The van der Waals surface area contributed by atoms with Crippen LogP contribution >= 0.6 is 0 Å². The fourth-order valence-corrected chi connectivity index (χ4v) is 2.39. The summed E-state index contributed by atoms with van der Waals surface area (Å²) in [6.45, 7) is 4.52. The second kappa shape index (κ2) is 5.08. The number of hydrogen-bond acceptors (Lipinski definition) is 4. The second-order valence-corrected chi connectivity index (χ2v) is 4.68. The maximum atomic E-state index is 7.74. The molecule has 2 unspecified atom stereocenters. The van der Waals surface area contributed by atoms with Gasteiger partial charge in [0, 0.05) is 39.3 Å². The van der Waals surface area contributed by atoms with Crippen LogP contribution in [0.5, 0.6) is 0 Å². The topological polar surface area (TPSA) is 39.6 Å². The van der Waals surface area contributed by atoms with Crippen molar-refractivity contribution in [3.63, 3.8) is 0 Å². The number of nitrogens with zero attached hydrogens (tertiary/aromatic N) is 2. The predicted molar refractivity (Wildman–Crippen MR) is 65.1 cm³/mol. The molecule has 0 aromatic rings. The van der Waals surface area contributed by atoms with Gasteiger partial charge in [0.1, 0.15) is 6.10 Å². The van der Waals surface area contributed by atoms with Crippen LogP contribution in [0.15, 0.2) is 12.2 Å². The Morgan fingerprint density at radius 3 is 2.62 bits per heavy atom. The van der Waals surface area contributed by atoms with E-state index in [0.29, 0.717) is 11.8 Å². The SMILES string of the molecule is COC1CC(N2CCN(C)CC2)C=CC1=N. The Balaban J connectivity index is 1.95. The Hall–Kier alpha value is -0.710. The molecule has 1 fully saturated rings. The lowest BCUT2D eigenvalue weighted by atomic mass is 9.96. The number of methoxy groups -OCH3 is 1. The lowest BCUT2D eigenvalue weighted by Gasteiger charge is -2.39. The predicted octanol–water partition coefficient (Wildman–Crippen LogP) is 0.597. The van der Waals surface area contributed by atoms with Crippen molar-refractivity contribution >= 4 is 5.71 Å². The number of nitrogens with one attached hydrogen (secondary N) is 1. The van der Waals surface area contributed by atoms with Gasteiger partial charge in [-0.05, 0) is 19.5 Å². The minimum atomic E-state index is -0.0188. The first-order valence-electron chi connectivity index (χ1n) is 5.92. The highest BCUT2D eigenvalue weighted by molar-refractivity contribution is 5.97. The summed E-state index contributed by atoms with van der Waals surface area (Å²) in [5.41, 5.74) is 0.605. The first kappa shape index (κ1) is 11.8. The molecule has 0 amide bonds. The summed E-state index contributed by atoms with van der Waals surface area (Å²) in [5.74, 6) is 0. The molecule has 0 aromatic carbocycles. The number of ether oxygens (including phenoxy) is 1. The zero-order valence-corrected chi connectivity index (χ0v) is 10.1. The summed E-state index contributed by atoms with van der Waals surface area (Å²) in [6, 6.07) is 0.452. The van der Waals surface area contributed by atoms with Crippen molar-refractivity contribution in [1.29, 1.82) is 5.41 Å². The van der Waals surface area contributed by atoms with Crippen LogP contribution in [0.4, 0.5) is 0 Å². The van der Waals surface area contributed by atoms with Crippen LogP contribution in [0.2, 0.25) is 0 Å². The van der Waals surface area contributed by atoms with Crippen LogP contribution in [0.25, 0.3) is 0 Å². The largest absolute Gasteiger partial charge is 0.375 e. The van der Waals surface area contributed by atoms with E-state index in [4.69, 9.17) is 10.1 Å². The van der Waals surface area contributed by atoms with Gasteiger partial charge in [0.2, 0.25) is 0 Å². The molecule has 0 aromatic heterocycles. The molecule has 1 N–H and O–H groups in total. The highest BCUT2D eigenvalue weighted by Gasteiger charge is 2.27. The van der Waals surface area contributed by atoms with Crippen molar-refractivity contribution in [1.82, 2.24) is 9.80 Å². The van der Waals surface area contributed by atoms with Gasteiger partial charge in [-0.2, -0.15) is 0 Å². The third-order valence-electron chi connectivity index (χ3n) is 3.59. The van der Waals surface area contributed by atoms with E-state index >= 15 is 0 Å². The Morgan fingerprint density at radius 2 is 2.00 bits per heavy atom. The highest BCUT2D eigenvalue weighted by atomic mass is 16.5. The average molecular weight is 223 g/mol. The van der Waals surface area contributed by atoms with Crippen LogP contribution < -0.4 is 0 Å². The van der Waals surface area contributed by atoms with Gasteiger partial charge in [-0.25, -0.2) is 0 Å². The molecule has 1 aliphatic heterocycles. The van der Waals surface area contributed by atoms with Crippen LogP contribution in [0.3, 0.4) is 0 Å². The smallest absolute Gasteiger partial charge is 0.100 e. The van der Waals surface area contributed by atoms with Gasteiger partial charge in [-0.1, -0.05) is 6.08 Å². The molecular formula is C12H21N3O. The molecule has 1 aliphatic carbocycles. The number of piperazine rings is 1. The van der Waals surface area contributed by atoms with Gasteiger partial charge >= 0.3 is 0 Å². The Kier molecular flexibility index (Phi) is 3.74. The minimum absolute atomic E-state index is 0.0188. The van der Waals surface area contributed by atoms with Crippen LogP contribution in [-0.2, 0) is 4.74 Å². The highest BCUT2D eigenvalue weighted by Crippen LogP contribution is 2.18. The number of rotatable bonds is 2. The fourth-order valence-electron chi connectivity index (χ4n) is 2.39. The van der Waals surface area contributed by atoms with E-state index in [1.807, 2.05) is 6.08 Å². The summed E-state index contributed by atoms with van der Waals surface area (Å²) in [7, 11) is 3.86. The van der Waals surface area contributed by atoms with Gasteiger partial charge in [0.15, 0.2) is 0 Å². The van der Waals surface area contributed by atoms with Gasteiger partial charge in [0.05, 0.1) is 5.71 Å². The van der Waals surface area contributed by atoms with E-state index in [2.05, 4.69) is 22.9 Å². The Bertz CT molecular complexity index is 282. The minimum Gasteiger partial charge on any atom is -0.375 e. The zero-order chi connectivity index (χ0) is 11.5. The van der Waals surface area contributed by atoms with Crippen LogP contribution in [-0.4, -0.2) is 68.0 Å². The van der Waals surface area contributed by atoms with Crippen molar-refractivity contribution in [3.8, 4) is 0 Å². The first-order valence-corrected chi connectivity index (χ1v) is 5.92. The monoisotopic (exact) mass is 223 g/mol. The van der Waals surface area contributed by atoms with Gasteiger partial charge in [-0.15, -0.1) is 0 Å². The van der Waals surface area contributed by atoms with Crippen molar-refractivity contribution in [3.05, 3.63) is 12.2 Å². The van der Waals surface area contributed by atoms with Crippen molar-refractivity contribution < 1.29 is 4.74 Å². The Labute approximate surface area is 97.4 Å². The third-order valence-corrected chi connectivity index (χ3v) is 3.59. The molecule has 0 saturated carbocycles. The molecule has 1 saturated heterocycles. The average Bonchev–Trinajstić information content (AvgIpc) is 2.31. The van der Waals surface area contributed by atoms with E-state index in [9.17, 15) is 0 Å². The molecule has 0 spiro atoms. The standard InChI is InChI=1S/C12H21N3O/c1-14-5-7-15(8-6-14)10-3-4-11(13)12(9-10)16-2/h3-4,10,12-13H,5-9H2,1-2H3. The molecule has 2 aliphatic rings. The number of likely N-dealkylation sites (N-methyl/N-ethyl adjacent to an activating group) is 1. The Morgan fingerprint density at radius 1 is 1.31 bits per heavy atom. The summed E-state index contributed by atoms with van der Waals surface area (Å²) in [5, 5.41) is 7.74. The van der Waals surface area contributed by atoms with Crippen molar-refractivity contribution in [2.24, 2.45) is 0 Å². The van der Waals surface area contributed by atoms with E-state index in [1.54, 1.807) is 7.11 Å². The molecule has 0 bridgehead atoms. The van der Waals surface area contributed by atoms with E-state index in [1.165, 1.54) is 0 Å². The van der Waals surface area contributed by atoms with Gasteiger partial charge in [0.25, 0.3) is 0 Å². The summed E-state index contributed by atoms with van der Waals surface area (Å²) in [6.07, 6.45) is 4.97. The molecule has 0 radical (unpaired) electrons. The molecule has 2 atom stereocenters. The summed E-state index contributed by atoms with van der Waals surface area (Å²) in [4.78, 5) is 4.86. The molecule has 2 rings (SSSR count). The van der Waals surface area contributed by atoms with Crippen LogP contribution in [0.1, 0.15) is 6.42 Å². The maximum absolute atomic E-state index is 7.74. The summed E-state index contributed by atoms with van der Waals surface area (Å²) >= 11 is 0. The first-order chi connectivity index (χ1) is 7.70. The second-order valence-electron chi connectivity index (χ2n) is 4.68. The molecule has 16 heavy (non-hydrogen) atoms. The molecule has 4 nitrogen and oxygen atoms in total. The van der Waals surface area contributed by atoms with E-state index in [0.717, 1.165) is 32.6 Å². The van der Waals surface area contributed by atoms with Gasteiger partial charge < -0.3 is 15.0 Å². The lowest BCUT2D eigenvalue weighted by molar-refractivity contribution is 0.0844. The fraction of sp³-hybridized carbons (Fsp3) is 0.750. The molecule has 4 heteroatoms. The van der Waals surface area contributed by atoms with Crippen LogP contribution in [0, 0.1) is 5.41 Å². The molecule has 1 heterocycles. The lowest BCUT2D eigenvalue weighted by Crippen LogP contribution is -2.50. The molecule has 90 valence electrons. The van der Waals surface area contributed by atoms with Crippen molar-refractivity contribution in [2.45, 2.75) is 18.6 Å². The maximum Gasteiger partial charge on any atom is 0.100 e. The normalized spacial score (nSPS) is 33.2. The van der Waals surface area contributed by atoms with E-state index < -0.39 is 0 Å². The van der Waals surface area contributed by atoms with Crippen molar-refractivity contribution in [2.75, 3.05) is 40.3 Å². The third kappa shape index (κ3) is 2.51. The molecular weight excluding hydrogens is 202 g/mol. The quantitative estimate of drug-likeness (QED) is 0.745. The zero-order valence-electron chi connectivity index (χ0n) is 10.1.